The van der Waals surface area contributed by atoms with Gasteiger partial charge in [0, 0.05) is 38.8 Å². The van der Waals surface area contributed by atoms with Crippen LogP contribution in [0.4, 0.5) is 20.4 Å². The van der Waals surface area contributed by atoms with Gasteiger partial charge in [-0.05, 0) is 12.5 Å². The molecule has 0 fully saturated rings. The van der Waals surface area contributed by atoms with E-state index in [0.717, 1.165) is 18.2 Å². The Balaban J connectivity index is 1.98. The molecule has 0 aliphatic heterocycles. The Morgan fingerprint density at radius 2 is 1.81 bits per heavy atom. The van der Waals surface area contributed by atoms with Crippen LogP contribution in [0.5, 0.6) is 0 Å². The molecule has 0 spiro atoms. The minimum absolute atomic E-state index is 0.0472. The third-order valence-electron chi connectivity index (χ3n) is 2.91. The smallest absolute Gasteiger partial charge is 0.168 e. The van der Waals surface area contributed by atoms with E-state index in [4.69, 9.17) is 0 Å². The summed E-state index contributed by atoms with van der Waals surface area (Å²) in [5.74, 6) is -1.27. The zero-order valence-electron chi connectivity index (χ0n) is 12.2. The van der Waals surface area contributed by atoms with Crippen LogP contribution >= 0.6 is 0 Å². The predicted molar refractivity (Wildman–Crippen MR) is 78.3 cm³/mol. The molecular formula is C14H19F2N5. The maximum atomic E-state index is 13.7. The summed E-state index contributed by atoms with van der Waals surface area (Å²) in [6.07, 6.45) is 3.32. The first-order valence-electron chi connectivity index (χ1n) is 6.92. The predicted octanol–water partition coefficient (Wildman–Crippen LogP) is 2.57. The van der Waals surface area contributed by atoms with Crippen molar-refractivity contribution in [2.24, 2.45) is 7.05 Å². The standard InChI is InChI=1S/C14H19F2N5/c1-3-6-17-13-11(15)9-12(16)14(19-13)18-7-4-10-5-8-21(2)20-10/h5,8-9H,3-4,6-7H2,1-2H3,(H2,17,18,19). The first kappa shape index (κ1) is 15.2. The molecule has 0 aliphatic rings. The van der Waals surface area contributed by atoms with Gasteiger partial charge in [-0.1, -0.05) is 6.92 Å². The highest BCUT2D eigenvalue weighted by atomic mass is 19.1. The van der Waals surface area contributed by atoms with Gasteiger partial charge in [0.25, 0.3) is 0 Å². The molecule has 114 valence electrons. The Bertz CT molecular complexity index is 597. The Kier molecular flexibility index (Phi) is 5.08. The summed E-state index contributed by atoms with van der Waals surface area (Å²) in [5.41, 5.74) is 0.900. The van der Waals surface area contributed by atoms with E-state index in [1.165, 1.54) is 0 Å². The van der Waals surface area contributed by atoms with Gasteiger partial charge in [-0.15, -0.1) is 0 Å². The van der Waals surface area contributed by atoms with Gasteiger partial charge < -0.3 is 10.6 Å². The molecule has 0 unspecified atom stereocenters. The SMILES string of the molecule is CCCNc1nc(NCCc2ccn(C)n2)c(F)cc1F. The van der Waals surface area contributed by atoms with Crippen molar-refractivity contribution in [3.63, 3.8) is 0 Å². The lowest BCUT2D eigenvalue weighted by molar-refractivity contribution is 0.577. The van der Waals surface area contributed by atoms with Gasteiger partial charge in [0.15, 0.2) is 23.3 Å². The molecule has 0 atom stereocenters. The van der Waals surface area contributed by atoms with Crippen molar-refractivity contribution in [3.8, 4) is 0 Å². The van der Waals surface area contributed by atoms with Gasteiger partial charge in [0.1, 0.15) is 0 Å². The van der Waals surface area contributed by atoms with E-state index in [1.54, 1.807) is 4.68 Å². The highest BCUT2D eigenvalue weighted by Crippen LogP contribution is 2.19. The summed E-state index contributed by atoms with van der Waals surface area (Å²) in [6.45, 7) is 3.02. The van der Waals surface area contributed by atoms with Crippen molar-refractivity contribution < 1.29 is 8.78 Å². The van der Waals surface area contributed by atoms with Gasteiger partial charge in [0.05, 0.1) is 5.69 Å². The van der Waals surface area contributed by atoms with Gasteiger partial charge in [0.2, 0.25) is 0 Å². The van der Waals surface area contributed by atoms with Gasteiger partial charge in [-0.25, -0.2) is 13.8 Å². The van der Waals surface area contributed by atoms with E-state index < -0.39 is 11.6 Å². The van der Waals surface area contributed by atoms with Gasteiger partial charge in [-0.3, -0.25) is 4.68 Å². The maximum Gasteiger partial charge on any atom is 0.168 e. The van der Waals surface area contributed by atoms with Crippen LogP contribution in [0.1, 0.15) is 19.0 Å². The lowest BCUT2D eigenvalue weighted by Crippen LogP contribution is -2.12. The molecule has 2 rings (SSSR count). The molecule has 0 aromatic carbocycles. The number of hydrogen-bond acceptors (Lipinski definition) is 4. The van der Waals surface area contributed by atoms with Crippen LogP contribution in [0.3, 0.4) is 0 Å². The van der Waals surface area contributed by atoms with E-state index in [1.807, 2.05) is 26.2 Å². The van der Waals surface area contributed by atoms with Crippen LogP contribution in [0.25, 0.3) is 0 Å². The Labute approximate surface area is 122 Å². The molecule has 0 aliphatic carbocycles. The Morgan fingerprint density at radius 1 is 1.14 bits per heavy atom. The zero-order valence-corrected chi connectivity index (χ0v) is 12.2. The fraction of sp³-hybridized carbons (Fsp3) is 0.429. The summed E-state index contributed by atoms with van der Waals surface area (Å²) in [5, 5.41) is 9.93. The molecule has 5 nitrogen and oxygen atoms in total. The van der Waals surface area contributed by atoms with E-state index in [9.17, 15) is 8.78 Å². The van der Waals surface area contributed by atoms with Crippen molar-refractivity contribution in [2.75, 3.05) is 23.7 Å². The number of anilines is 2. The number of aromatic nitrogens is 3. The molecule has 0 saturated carbocycles. The summed E-state index contributed by atoms with van der Waals surface area (Å²) in [6, 6.07) is 2.73. The maximum absolute atomic E-state index is 13.7. The number of pyridine rings is 1. The fourth-order valence-corrected chi connectivity index (χ4v) is 1.86. The van der Waals surface area contributed by atoms with Gasteiger partial charge in [-0.2, -0.15) is 5.10 Å². The first-order chi connectivity index (χ1) is 10.1. The van der Waals surface area contributed by atoms with Crippen molar-refractivity contribution in [1.82, 2.24) is 14.8 Å². The largest absolute Gasteiger partial charge is 0.368 e. The number of aryl methyl sites for hydroxylation is 1. The van der Waals surface area contributed by atoms with Crippen LogP contribution < -0.4 is 10.6 Å². The minimum Gasteiger partial charge on any atom is -0.368 e. The molecule has 2 N–H and O–H groups in total. The van der Waals surface area contributed by atoms with Crippen molar-refractivity contribution >= 4 is 11.6 Å². The summed E-state index contributed by atoms with van der Waals surface area (Å²) in [4.78, 5) is 3.95. The number of rotatable bonds is 7. The molecule has 2 heterocycles. The molecule has 2 aromatic heterocycles. The normalized spacial score (nSPS) is 10.7. The van der Waals surface area contributed by atoms with Crippen LogP contribution in [-0.4, -0.2) is 27.9 Å². The number of hydrogen-bond donors (Lipinski definition) is 2. The Morgan fingerprint density at radius 3 is 2.38 bits per heavy atom. The van der Waals surface area contributed by atoms with Crippen LogP contribution in [0.2, 0.25) is 0 Å². The zero-order chi connectivity index (χ0) is 15.2. The third kappa shape index (κ3) is 4.14. The van der Waals surface area contributed by atoms with Crippen LogP contribution in [-0.2, 0) is 13.5 Å². The second kappa shape index (κ2) is 7.01. The van der Waals surface area contributed by atoms with E-state index in [-0.39, 0.29) is 11.6 Å². The molecule has 0 saturated heterocycles. The molecule has 0 amide bonds. The summed E-state index contributed by atoms with van der Waals surface area (Å²) in [7, 11) is 1.84. The van der Waals surface area contributed by atoms with Gasteiger partial charge >= 0.3 is 0 Å². The van der Waals surface area contributed by atoms with E-state index >= 15 is 0 Å². The van der Waals surface area contributed by atoms with Crippen LogP contribution in [0.15, 0.2) is 18.3 Å². The van der Waals surface area contributed by atoms with Crippen molar-refractivity contribution in [1.29, 1.82) is 0 Å². The van der Waals surface area contributed by atoms with E-state index in [2.05, 4.69) is 20.7 Å². The van der Waals surface area contributed by atoms with E-state index in [0.29, 0.717) is 19.5 Å². The second-order valence-electron chi connectivity index (χ2n) is 4.73. The third-order valence-corrected chi connectivity index (χ3v) is 2.91. The highest BCUT2D eigenvalue weighted by Gasteiger charge is 2.11. The second-order valence-corrected chi connectivity index (χ2v) is 4.73. The minimum atomic E-state index is -0.699. The average Bonchev–Trinajstić information content (AvgIpc) is 2.85. The summed E-state index contributed by atoms with van der Waals surface area (Å²) >= 11 is 0. The average molecular weight is 295 g/mol. The first-order valence-corrected chi connectivity index (χ1v) is 6.92. The topological polar surface area (TPSA) is 54.8 Å². The highest BCUT2D eigenvalue weighted by molar-refractivity contribution is 5.47. The number of nitrogens with zero attached hydrogens (tertiary/aromatic N) is 3. The number of halogens is 2. The van der Waals surface area contributed by atoms with Crippen molar-refractivity contribution in [2.45, 2.75) is 19.8 Å². The molecule has 2 aromatic rings. The van der Waals surface area contributed by atoms with Crippen molar-refractivity contribution in [3.05, 3.63) is 35.7 Å². The quantitative estimate of drug-likeness (QED) is 0.824. The fourth-order valence-electron chi connectivity index (χ4n) is 1.86. The molecule has 0 radical (unpaired) electrons. The number of nitrogens with one attached hydrogen (secondary N) is 2. The lowest BCUT2D eigenvalue weighted by Gasteiger charge is -2.10. The molecule has 0 bridgehead atoms. The molecule has 7 heteroatoms. The Hall–Kier alpha value is -2.18. The molecular weight excluding hydrogens is 276 g/mol. The summed E-state index contributed by atoms with van der Waals surface area (Å²) < 4.78 is 28.9. The molecule has 21 heavy (non-hydrogen) atoms. The van der Waals surface area contributed by atoms with Crippen LogP contribution in [0, 0.1) is 11.6 Å². The lowest BCUT2D eigenvalue weighted by atomic mass is 10.3. The monoisotopic (exact) mass is 295 g/mol.